The summed E-state index contributed by atoms with van der Waals surface area (Å²) in [7, 11) is 0. The van der Waals surface area contributed by atoms with Crippen LogP contribution in [0, 0.1) is 0 Å². The monoisotopic (exact) mass is 639 g/mol. The summed E-state index contributed by atoms with van der Waals surface area (Å²) in [5.41, 5.74) is 4.90. The topological polar surface area (TPSA) is 0 Å². The van der Waals surface area contributed by atoms with Gasteiger partial charge in [-0.3, -0.25) is 0 Å². The Morgan fingerprint density at radius 3 is 1.58 bits per heavy atom. The predicted molar refractivity (Wildman–Crippen MR) is 216 cm³/mol. The molecule has 0 radical (unpaired) electrons. The van der Waals surface area contributed by atoms with E-state index in [2.05, 4.69) is 30.3 Å². The quantitative estimate of drug-likeness (QED) is 0.168. The Kier molecular flexibility index (Phi) is 5.14. The van der Waals surface area contributed by atoms with Crippen molar-refractivity contribution in [1.29, 1.82) is 0 Å². The Morgan fingerprint density at radius 2 is 0.840 bits per heavy atom. The van der Waals surface area contributed by atoms with Crippen molar-refractivity contribution in [2.75, 3.05) is 0 Å². The molecule has 10 aromatic rings. The third kappa shape index (κ3) is 4.69. The highest BCUT2D eigenvalue weighted by Crippen LogP contribution is 2.47. The first kappa shape index (κ1) is 22.2. The zero-order chi connectivity index (χ0) is 39.1. The average Bonchev–Trinajstić information content (AvgIpc) is 3.25. The molecule has 0 nitrogen and oxygen atoms in total. The van der Waals surface area contributed by atoms with E-state index in [9.17, 15) is 6.85 Å². The van der Waals surface area contributed by atoms with Crippen LogP contribution in [0.4, 0.5) is 0 Å². The van der Waals surface area contributed by atoms with Crippen molar-refractivity contribution in [2.45, 2.75) is 0 Å². The smallest absolute Gasteiger partial charge is 0.0616 e. The molecule has 0 aromatic heterocycles. The molecule has 0 N–H and O–H groups in total. The zero-order valence-electron chi connectivity index (χ0n) is 33.9. The van der Waals surface area contributed by atoms with Crippen LogP contribution in [0.1, 0.15) is 9.60 Å². The van der Waals surface area contributed by atoms with Crippen LogP contribution in [-0.4, -0.2) is 0 Å². The van der Waals surface area contributed by atoms with E-state index in [1.165, 1.54) is 0 Å². The molecule has 232 valence electrons. The van der Waals surface area contributed by atoms with Gasteiger partial charge >= 0.3 is 0 Å². The molecular weight excluding hydrogens is 601 g/mol. The van der Waals surface area contributed by atoms with E-state index < -0.39 is 0 Å². The SMILES string of the molecule is [2H]c1c([2H])c([2H])c2c(-c3cccc4ccccc34)c3c([2H])c(-c4ccc5ccccc5c4)c([2H])c([2H])c3c(-c3cccc(-c4ccc5ccccc5c4)c3)c2c1[2H]. The van der Waals surface area contributed by atoms with Crippen LogP contribution in [0.3, 0.4) is 0 Å². The van der Waals surface area contributed by atoms with Crippen LogP contribution in [0.25, 0.3) is 98.4 Å². The molecule has 0 heteroatoms. The predicted octanol–water partition coefficient (Wildman–Crippen LogP) is 14.1. The van der Waals surface area contributed by atoms with E-state index >= 15 is 0 Å². The van der Waals surface area contributed by atoms with E-state index in [0.29, 0.717) is 38.6 Å². The molecule has 0 atom stereocenters. The summed E-state index contributed by atoms with van der Waals surface area (Å²) >= 11 is 0. The fraction of sp³-hybridized carbons (Fsp3) is 0. The Labute approximate surface area is 301 Å². The molecule has 0 aliphatic carbocycles. The number of rotatable bonds is 4. The van der Waals surface area contributed by atoms with Gasteiger partial charge in [0.25, 0.3) is 0 Å². The van der Waals surface area contributed by atoms with Crippen LogP contribution < -0.4 is 0 Å². The summed E-state index contributed by atoms with van der Waals surface area (Å²) in [6.07, 6.45) is 0. The first-order valence-electron chi connectivity index (χ1n) is 20.3. The third-order valence-corrected chi connectivity index (χ3v) is 9.83. The number of fused-ring (bicyclic) bond motifs is 5. The van der Waals surface area contributed by atoms with Crippen molar-refractivity contribution < 1.29 is 9.60 Å². The summed E-state index contributed by atoms with van der Waals surface area (Å²) in [6, 6.07) is 48.1. The normalized spacial score (nSPS) is 13.6. The van der Waals surface area contributed by atoms with Crippen molar-refractivity contribution in [1.82, 2.24) is 0 Å². The van der Waals surface area contributed by atoms with Crippen molar-refractivity contribution >= 4 is 53.9 Å². The summed E-state index contributed by atoms with van der Waals surface area (Å²) in [6.45, 7) is 0. The van der Waals surface area contributed by atoms with Gasteiger partial charge in [-0.25, -0.2) is 0 Å². The molecule has 0 aliphatic rings. The van der Waals surface area contributed by atoms with Crippen molar-refractivity contribution in [3.8, 4) is 44.5 Å². The average molecular weight is 640 g/mol. The molecule has 0 amide bonds. The molecule has 0 spiro atoms. The third-order valence-electron chi connectivity index (χ3n) is 9.83. The minimum Gasteiger partial charge on any atom is -0.0616 e. The van der Waals surface area contributed by atoms with Gasteiger partial charge < -0.3 is 0 Å². The summed E-state index contributed by atoms with van der Waals surface area (Å²) in [5, 5.41) is 7.09. The van der Waals surface area contributed by atoms with Gasteiger partial charge in [-0.05, 0) is 123 Å². The van der Waals surface area contributed by atoms with Crippen LogP contribution in [-0.2, 0) is 0 Å². The van der Waals surface area contributed by atoms with Gasteiger partial charge in [-0.2, -0.15) is 0 Å². The maximum absolute atomic E-state index is 10.1. The van der Waals surface area contributed by atoms with Crippen LogP contribution >= 0.6 is 0 Å². The fourth-order valence-corrected chi connectivity index (χ4v) is 7.43. The van der Waals surface area contributed by atoms with Gasteiger partial charge in [0.2, 0.25) is 0 Å². The molecule has 10 aromatic carbocycles. The van der Waals surface area contributed by atoms with Crippen molar-refractivity contribution in [3.63, 3.8) is 0 Å². The molecule has 10 rings (SSSR count). The molecule has 0 heterocycles. The summed E-state index contributed by atoms with van der Waals surface area (Å²) in [5.74, 6) is 0. The highest BCUT2D eigenvalue weighted by molar-refractivity contribution is 6.24. The first-order chi connectivity index (χ1) is 27.7. The van der Waals surface area contributed by atoms with Crippen LogP contribution in [0.15, 0.2) is 194 Å². The highest BCUT2D eigenvalue weighted by atomic mass is 14.2. The van der Waals surface area contributed by atoms with Crippen LogP contribution in [0.2, 0.25) is 0 Å². The van der Waals surface area contributed by atoms with E-state index in [4.69, 9.17) is 2.74 Å². The first-order valence-corrected chi connectivity index (χ1v) is 16.8. The highest BCUT2D eigenvalue weighted by Gasteiger charge is 2.19. The number of hydrogen-bond acceptors (Lipinski definition) is 0. The largest absolute Gasteiger partial charge is 0.0636 e. The maximum Gasteiger partial charge on any atom is 0.0636 e. The minimum atomic E-state index is -0.390. The lowest BCUT2D eigenvalue weighted by Gasteiger charge is -2.20. The Balaban J connectivity index is 1.41. The Morgan fingerprint density at radius 1 is 0.300 bits per heavy atom. The second kappa shape index (κ2) is 11.6. The molecule has 0 fully saturated rings. The lowest BCUT2D eigenvalue weighted by atomic mass is 9.83. The molecule has 0 saturated heterocycles. The van der Waals surface area contributed by atoms with Gasteiger partial charge in [-0.1, -0.05) is 170 Å². The van der Waals surface area contributed by atoms with Gasteiger partial charge in [0.05, 0.1) is 9.60 Å². The molecule has 0 saturated carbocycles. The number of benzene rings is 10. The lowest BCUT2D eigenvalue weighted by Crippen LogP contribution is -1.93. The standard InChI is InChI=1S/C50H32/c1-3-14-36-29-39(25-23-33(36)11-1)38-17-9-18-42(31-38)49-45-20-7-8-21-46(45)50(44-22-10-16-35-13-5-6-19-43(35)44)48-32-41(27-28-47(48)49)40-26-24-34-12-2-4-15-37(34)30-40/h1-32H/i7D,8D,20D,21D,27D,28D,32D. The number of hydrogen-bond donors (Lipinski definition) is 0. The Hall–Kier alpha value is -6.50. The van der Waals surface area contributed by atoms with Crippen molar-refractivity contribution in [2.24, 2.45) is 0 Å². The van der Waals surface area contributed by atoms with E-state index in [-0.39, 0.29) is 58.6 Å². The van der Waals surface area contributed by atoms with Gasteiger partial charge in [-0.15, -0.1) is 0 Å². The second-order valence-electron chi connectivity index (χ2n) is 12.7. The van der Waals surface area contributed by atoms with E-state index in [1.54, 1.807) is 0 Å². The fourth-order valence-electron chi connectivity index (χ4n) is 7.43. The van der Waals surface area contributed by atoms with E-state index in [1.807, 2.05) is 121 Å². The zero-order valence-corrected chi connectivity index (χ0v) is 26.9. The summed E-state index contributed by atoms with van der Waals surface area (Å²) in [4.78, 5) is 0. The maximum atomic E-state index is 10.1. The van der Waals surface area contributed by atoms with E-state index in [0.717, 1.165) is 43.4 Å². The second-order valence-corrected chi connectivity index (χ2v) is 12.7. The van der Waals surface area contributed by atoms with Gasteiger partial charge in [0.1, 0.15) is 0 Å². The molecular formula is C50H32. The molecule has 0 aliphatic heterocycles. The van der Waals surface area contributed by atoms with Gasteiger partial charge in [0.15, 0.2) is 0 Å². The van der Waals surface area contributed by atoms with Gasteiger partial charge in [0, 0.05) is 0 Å². The molecule has 50 heavy (non-hydrogen) atoms. The Bertz CT molecular complexity index is 3330. The minimum absolute atomic E-state index is 0.0189. The lowest BCUT2D eigenvalue weighted by molar-refractivity contribution is 1.62. The molecule has 0 unspecified atom stereocenters. The van der Waals surface area contributed by atoms with Crippen LogP contribution in [0.5, 0.6) is 0 Å². The molecule has 0 bridgehead atoms. The van der Waals surface area contributed by atoms with Crippen molar-refractivity contribution in [3.05, 3.63) is 194 Å². The summed E-state index contributed by atoms with van der Waals surface area (Å²) < 4.78 is 66.6.